The fourth-order valence-electron chi connectivity index (χ4n) is 4.92. The van der Waals surface area contributed by atoms with E-state index >= 15 is 0 Å². The molecule has 37 heavy (non-hydrogen) atoms. The predicted octanol–water partition coefficient (Wildman–Crippen LogP) is 4.37. The molecule has 1 unspecified atom stereocenters. The van der Waals surface area contributed by atoms with Crippen molar-refractivity contribution in [2.75, 3.05) is 37.2 Å². The summed E-state index contributed by atoms with van der Waals surface area (Å²) in [6, 6.07) is 11.6. The number of hydrogen-bond donors (Lipinski definition) is 3. The van der Waals surface area contributed by atoms with Gasteiger partial charge in [-0.3, -0.25) is 9.69 Å². The van der Waals surface area contributed by atoms with E-state index in [-0.39, 0.29) is 23.9 Å². The lowest BCUT2D eigenvalue weighted by Gasteiger charge is -2.33. The summed E-state index contributed by atoms with van der Waals surface area (Å²) in [5.74, 6) is 3.30. The summed E-state index contributed by atoms with van der Waals surface area (Å²) in [4.78, 5) is 19.3. The maximum atomic E-state index is 15.0. The van der Waals surface area contributed by atoms with Crippen molar-refractivity contribution in [2.45, 2.75) is 32.2 Å². The van der Waals surface area contributed by atoms with Crippen molar-refractivity contribution >= 4 is 17.4 Å². The van der Waals surface area contributed by atoms with E-state index in [2.05, 4.69) is 32.4 Å². The van der Waals surface area contributed by atoms with E-state index in [1.165, 1.54) is 6.07 Å². The summed E-state index contributed by atoms with van der Waals surface area (Å²) in [5.41, 5.74) is 10.3. The molecule has 1 aliphatic heterocycles. The van der Waals surface area contributed by atoms with E-state index in [9.17, 15) is 13.6 Å². The number of aromatic nitrogens is 1. The van der Waals surface area contributed by atoms with Gasteiger partial charge >= 0.3 is 0 Å². The molecule has 1 saturated heterocycles. The number of nitrogen functional groups attached to an aromatic ring is 1. The maximum absolute atomic E-state index is 15.0. The largest absolute Gasteiger partial charge is 0.383 e. The molecule has 8 heteroatoms. The van der Waals surface area contributed by atoms with E-state index in [0.29, 0.717) is 28.2 Å². The molecule has 1 fully saturated rings. The van der Waals surface area contributed by atoms with Crippen LogP contribution in [0.3, 0.4) is 0 Å². The van der Waals surface area contributed by atoms with Gasteiger partial charge in [0, 0.05) is 72.8 Å². The number of nitrogens with two attached hydrogens (primary N) is 1. The normalized spacial score (nSPS) is 18.5. The smallest absolute Gasteiger partial charge is 0.275 e. The first kappa shape index (κ1) is 24.9. The van der Waals surface area contributed by atoms with Gasteiger partial charge in [-0.2, -0.15) is 0 Å². The third kappa shape index (κ3) is 5.19. The molecule has 0 spiro atoms. The Morgan fingerprint density at radius 2 is 1.89 bits per heavy atom. The SMILES string of the molecule is Cc1ccc(C(=O)Nc2ccc3c(c2)C(F)(F)CC3N2CCNCC2)cc1C#Cc1cnc(N)c(C)c1. The van der Waals surface area contributed by atoms with Gasteiger partial charge in [-0.15, -0.1) is 0 Å². The van der Waals surface area contributed by atoms with Gasteiger partial charge in [0.05, 0.1) is 0 Å². The van der Waals surface area contributed by atoms with Crippen molar-refractivity contribution in [2.24, 2.45) is 0 Å². The number of anilines is 2. The van der Waals surface area contributed by atoms with Crippen LogP contribution in [0, 0.1) is 25.7 Å². The van der Waals surface area contributed by atoms with Crippen LogP contribution in [0.25, 0.3) is 0 Å². The number of alkyl halides is 2. The number of benzene rings is 2. The van der Waals surface area contributed by atoms with Crippen LogP contribution < -0.4 is 16.4 Å². The Balaban J connectivity index is 1.35. The average molecular weight is 502 g/mol. The van der Waals surface area contributed by atoms with Crippen LogP contribution in [-0.4, -0.2) is 42.0 Å². The number of nitrogens with zero attached hydrogens (tertiary/aromatic N) is 2. The van der Waals surface area contributed by atoms with Gasteiger partial charge in [0.2, 0.25) is 0 Å². The molecule has 1 aliphatic carbocycles. The van der Waals surface area contributed by atoms with Crippen LogP contribution in [0.15, 0.2) is 48.7 Å². The van der Waals surface area contributed by atoms with Crippen molar-refractivity contribution in [3.63, 3.8) is 0 Å². The highest BCUT2D eigenvalue weighted by Crippen LogP contribution is 2.50. The van der Waals surface area contributed by atoms with Gasteiger partial charge in [-0.25, -0.2) is 13.8 Å². The van der Waals surface area contributed by atoms with Crippen LogP contribution in [0.4, 0.5) is 20.3 Å². The molecule has 3 aromatic rings. The van der Waals surface area contributed by atoms with E-state index in [4.69, 9.17) is 5.73 Å². The van der Waals surface area contributed by atoms with E-state index in [1.807, 2.05) is 26.0 Å². The van der Waals surface area contributed by atoms with E-state index in [0.717, 1.165) is 42.9 Å². The Bertz CT molecular complexity index is 1420. The number of carbonyl (C=O) groups excluding carboxylic acids is 1. The third-order valence-electron chi connectivity index (χ3n) is 7.07. The van der Waals surface area contributed by atoms with Crippen LogP contribution in [0.5, 0.6) is 0 Å². The minimum Gasteiger partial charge on any atom is -0.383 e. The molecular formula is C29H29F2N5O. The molecule has 1 atom stereocenters. The Labute approximate surface area is 215 Å². The molecule has 5 rings (SSSR count). The molecule has 2 aliphatic rings. The van der Waals surface area contributed by atoms with Gasteiger partial charge in [-0.1, -0.05) is 24.0 Å². The number of carbonyl (C=O) groups is 1. The molecule has 0 bridgehead atoms. The van der Waals surface area contributed by atoms with Gasteiger partial charge in [-0.05, 0) is 60.9 Å². The van der Waals surface area contributed by atoms with E-state index < -0.39 is 5.92 Å². The molecule has 2 heterocycles. The Morgan fingerprint density at radius 1 is 1.11 bits per heavy atom. The second-order valence-electron chi connectivity index (χ2n) is 9.67. The first-order valence-electron chi connectivity index (χ1n) is 12.3. The molecule has 0 radical (unpaired) electrons. The summed E-state index contributed by atoms with van der Waals surface area (Å²) in [6.45, 7) is 6.85. The van der Waals surface area contributed by atoms with Gasteiger partial charge < -0.3 is 16.4 Å². The molecule has 2 aromatic carbocycles. The van der Waals surface area contributed by atoms with Crippen LogP contribution in [-0.2, 0) is 5.92 Å². The minimum atomic E-state index is -2.94. The molecule has 6 nitrogen and oxygen atoms in total. The molecule has 1 amide bonds. The molecule has 1 aromatic heterocycles. The molecule has 4 N–H and O–H groups in total. The quantitative estimate of drug-likeness (QED) is 0.464. The Hall–Kier alpha value is -3.80. The third-order valence-corrected chi connectivity index (χ3v) is 7.07. The number of amides is 1. The first-order valence-corrected chi connectivity index (χ1v) is 12.3. The van der Waals surface area contributed by atoms with Crippen LogP contribution >= 0.6 is 0 Å². The Morgan fingerprint density at radius 3 is 2.65 bits per heavy atom. The predicted molar refractivity (Wildman–Crippen MR) is 141 cm³/mol. The van der Waals surface area contributed by atoms with Crippen molar-refractivity contribution in [1.82, 2.24) is 15.2 Å². The number of pyridine rings is 1. The van der Waals surface area contributed by atoms with Gasteiger partial charge in [0.15, 0.2) is 0 Å². The summed E-state index contributed by atoms with van der Waals surface area (Å²) in [7, 11) is 0. The number of halogens is 2. The second-order valence-corrected chi connectivity index (χ2v) is 9.67. The molecular weight excluding hydrogens is 472 g/mol. The average Bonchev–Trinajstić information content (AvgIpc) is 3.16. The first-order chi connectivity index (χ1) is 17.7. The summed E-state index contributed by atoms with van der Waals surface area (Å²) >= 11 is 0. The monoisotopic (exact) mass is 501 g/mol. The molecule has 0 saturated carbocycles. The van der Waals surface area contributed by atoms with Crippen molar-refractivity contribution in [1.29, 1.82) is 0 Å². The van der Waals surface area contributed by atoms with Crippen molar-refractivity contribution < 1.29 is 13.6 Å². The van der Waals surface area contributed by atoms with Crippen molar-refractivity contribution in [3.05, 3.63) is 87.6 Å². The number of fused-ring (bicyclic) bond motifs is 1. The molecule has 190 valence electrons. The number of piperazine rings is 1. The standard InChI is InChI=1S/C29H29F2N5O/c1-18-3-5-22(14-21(18)6-4-20-13-19(2)27(32)34-17-20)28(37)35-23-7-8-24-25(15-23)29(30,31)16-26(24)36-11-9-33-10-12-36/h3,5,7-8,13-15,17,26,33H,9-12,16H2,1-2H3,(H2,32,34)(H,35,37). The summed E-state index contributed by atoms with van der Waals surface area (Å²) in [5, 5.41) is 6.05. The lowest BCUT2D eigenvalue weighted by atomic mass is 10.0. The maximum Gasteiger partial charge on any atom is 0.275 e. The topological polar surface area (TPSA) is 83.3 Å². The highest BCUT2D eigenvalue weighted by molar-refractivity contribution is 6.04. The highest BCUT2D eigenvalue weighted by atomic mass is 19.3. The zero-order valence-electron chi connectivity index (χ0n) is 20.9. The fraction of sp³-hybridized carbons (Fsp3) is 0.310. The highest BCUT2D eigenvalue weighted by Gasteiger charge is 2.47. The van der Waals surface area contributed by atoms with Crippen molar-refractivity contribution in [3.8, 4) is 11.8 Å². The van der Waals surface area contributed by atoms with E-state index in [1.54, 1.807) is 30.5 Å². The van der Waals surface area contributed by atoms with Crippen LogP contribution in [0.1, 0.15) is 56.2 Å². The zero-order valence-corrected chi connectivity index (χ0v) is 20.9. The summed E-state index contributed by atoms with van der Waals surface area (Å²) in [6.07, 6.45) is 1.38. The number of aryl methyl sites for hydroxylation is 2. The Kier molecular flexibility index (Phi) is 6.67. The minimum absolute atomic E-state index is 0.00306. The fourth-order valence-corrected chi connectivity index (χ4v) is 4.92. The number of hydrogen-bond acceptors (Lipinski definition) is 5. The summed E-state index contributed by atoms with van der Waals surface area (Å²) < 4.78 is 29.9. The lowest BCUT2D eigenvalue weighted by Crippen LogP contribution is -2.44. The van der Waals surface area contributed by atoms with Gasteiger partial charge in [0.1, 0.15) is 5.82 Å². The number of rotatable bonds is 3. The second kappa shape index (κ2) is 9.92. The number of nitrogens with one attached hydrogen (secondary N) is 2. The van der Waals surface area contributed by atoms with Gasteiger partial charge in [0.25, 0.3) is 11.8 Å². The van der Waals surface area contributed by atoms with Crippen LogP contribution in [0.2, 0.25) is 0 Å². The zero-order chi connectivity index (χ0) is 26.2. The lowest BCUT2D eigenvalue weighted by molar-refractivity contribution is -0.0224.